The van der Waals surface area contributed by atoms with Crippen LogP contribution >= 0.6 is 0 Å². The van der Waals surface area contributed by atoms with Crippen LogP contribution in [0.4, 0.5) is 4.79 Å². The van der Waals surface area contributed by atoms with Gasteiger partial charge in [0.2, 0.25) is 5.91 Å². The van der Waals surface area contributed by atoms with Crippen LogP contribution in [-0.2, 0) is 4.79 Å². The van der Waals surface area contributed by atoms with Gasteiger partial charge in [0.1, 0.15) is 6.04 Å². The number of rotatable bonds is 5. The average Bonchev–Trinajstić information content (AvgIpc) is 2.71. The van der Waals surface area contributed by atoms with Gasteiger partial charge in [-0.2, -0.15) is 0 Å². The lowest BCUT2D eigenvalue weighted by Gasteiger charge is -2.32. The number of hydrogen-bond acceptors (Lipinski definition) is 3. The van der Waals surface area contributed by atoms with Gasteiger partial charge >= 0.3 is 6.03 Å². The summed E-state index contributed by atoms with van der Waals surface area (Å²) in [7, 11) is 1.65. The van der Waals surface area contributed by atoms with E-state index in [1.165, 1.54) is 4.90 Å². The first-order chi connectivity index (χ1) is 8.75. The van der Waals surface area contributed by atoms with E-state index in [4.69, 9.17) is 5.73 Å². The third kappa shape index (κ3) is 4.38. The monoisotopic (exact) mass is 271 g/mol. The second kappa shape index (κ2) is 6.23. The highest BCUT2D eigenvalue weighted by atomic mass is 16.3. The van der Waals surface area contributed by atoms with E-state index in [9.17, 15) is 14.7 Å². The molecule has 1 saturated carbocycles. The Hall–Kier alpha value is -1.30. The Labute approximate surface area is 114 Å². The highest BCUT2D eigenvalue weighted by Gasteiger charge is 2.35. The fourth-order valence-electron chi connectivity index (χ4n) is 2.61. The molecule has 0 bridgehead atoms. The van der Waals surface area contributed by atoms with E-state index in [0.29, 0.717) is 6.54 Å². The summed E-state index contributed by atoms with van der Waals surface area (Å²) >= 11 is 0. The Balaban J connectivity index is 2.65. The van der Waals surface area contributed by atoms with Crippen LogP contribution in [0.15, 0.2) is 0 Å². The standard InChI is InChI=1S/C13H25N3O3/c1-9(2)10(15-12(14)18)11(17)16(3)8-13(19)6-4-5-7-13/h9-10,19H,4-8H2,1-3H3,(H3,14,15,18). The molecular weight excluding hydrogens is 246 g/mol. The van der Waals surface area contributed by atoms with Crippen molar-refractivity contribution >= 4 is 11.9 Å². The van der Waals surface area contributed by atoms with Crippen LogP contribution in [-0.4, -0.2) is 47.2 Å². The molecule has 1 aliphatic rings. The van der Waals surface area contributed by atoms with Crippen molar-refractivity contribution in [2.75, 3.05) is 13.6 Å². The maximum atomic E-state index is 12.3. The van der Waals surface area contributed by atoms with Crippen LogP contribution in [0.5, 0.6) is 0 Å². The summed E-state index contributed by atoms with van der Waals surface area (Å²) < 4.78 is 0. The lowest BCUT2D eigenvalue weighted by Crippen LogP contribution is -2.54. The van der Waals surface area contributed by atoms with E-state index < -0.39 is 17.7 Å². The molecule has 0 aromatic carbocycles. The number of primary amides is 1. The predicted molar refractivity (Wildman–Crippen MR) is 72.4 cm³/mol. The number of carbonyl (C=O) groups is 2. The van der Waals surface area contributed by atoms with Gasteiger partial charge in [0.15, 0.2) is 0 Å². The maximum absolute atomic E-state index is 12.3. The zero-order chi connectivity index (χ0) is 14.6. The van der Waals surface area contributed by atoms with Crippen LogP contribution in [0.3, 0.4) is 0 Å². The molecule has 1 aliphatic carbocycles. The fourth-order valence-corrected chi connectivity index (χ4v) is 2.61. The van der Waals surface area contributed by atoms with Crippen molar-refractivity contribution in [3.8, 4) is 0 Å². The Morgan fingerprint density at radius 3 is 2.32 bits per heavy atom. The lowest BCUT2D eigenvalue weighted by molar-refractivity contribution is -0.136. The van der Waals surface area contributed by atoms with Crippen molar-refractivity contribution < 1.29 is 14.7 Å². The van der Waals surface area contributed by atoms with Crippen molar-refractivity contribution in [2.24, 2.45) is 11.7 Å². The van der Waals surface area contributed by atoms with E-state index in [2.05, 4.69) is 5.32 Å². The Bertz CT molecular complexity index is 338. The van der Waals surface area contributed by atoms with E-state index in [0.717, 1.165) is 25.7 Å². The number of nitrogens with two attached hydrogens (primary N) is 1. The molecule has 1 atom stereocenters. The highest BCUT2D eigenvalue weighted by molar-refractivity contribution is 5.86. The Kier molecular flexibility index (Phi) is 5.17. The van der Waals surface area contributed by atoms with Crippen LogP contribution in [0, 0.1) is 5.92 Å². The van der Waals surface area contributed by atoms with Gasteiger partial charge < -0.3 is 21.1 Å². The minimum Gasteiger partial charge on any atom is -0.388 e. The van der Waals surface area contributed by atoms with E-state index in [-0.39, 0.29) is 11.8 Å². The predicted octanol–water partition coefficient (Wildman–Crippen LogP) is 0.443. The van der Waals surface area contributed by atoms with Gasteiger partial charge in [0, 0.05) is 13.6 Å². The average molecular weight is 271 g/mol. The van der Waals surface area contributed by atoms with Gasteiger partial charge in [-0.3, -0.25) is 4.79 Å². The Morgan fingerprint density at radius 2 is 1.89 bits per heavy atom. The van der Waals surface area contributed by atoms with Crippen LogP contribution < -0.4 is 11.1 Å². The van der Waals surface area contributed by atoms with Gasteiger partial charge in [0.25, 0.3) is 0 Å². The van der Waals surface area contributed by atoms with Gasteiger partial charge in [-0.05, 0) is 18.8 Å². The summed E-state index contributed by atoms with van der Waals surface area (Å²) in [6.07, 6.45) is 3.43. The van der Waals surface area contributed by atoms with Gasteiger partial charge in [-0.1, -0.05) is 26.7 Å². The molecule has 0 aliphatic heterocycles. The van der Waals surface area contributed by atoms with E-state index in [1.807, 2.05) is 13.8 Å². The molecule has 0 aromatic rings. The number of nitrogens with zero attached hydrogens (tertiary/aromatic N) is 1. The fraction of sp³-hybridized carbons (Fsp3) is 0.846. The number of likely N-dealkylation sites (N-methyl/N-ethyl adjacent to an activating group) is 1. The molecule has 110 valence electrons. The molecule has 0 saturated heterocycles. The number of amides is 3. The van der Waals surface area contributed by atoms with E-state index >= 15 is 0 Å². The largest absolute Gasteiger partial charge is 0.388 e. The first-order valence-electron chi connectivity index (χ1n) is 6.78. The number of urea groups is 1. The smallest absolute Gasteiger partial charge is 0.312 e. The number of hydrogen-bond donors (Lipinski definition) is 3. The zero-order valence-electron chi connectivity index (χ0n) is 12.0. The molecule has 0 radical (unpaired) electrons. The van der Waals surface area contributed by atoms with Crippen LogP contribution in [0.25, 0.3) is 0 Å². The van der Waals surface area contributed by atoms with Gasteiger partial charge in [0.05, 0.1) is 5.60 Å². The number of aliphatic hydroxyl groups is 1. The molecule has 1 fully saturated rings. The van der Waals surface area contributed by atoms with Crippen LogP contribution in [0.2, 0.25) is 0 Å². The highest BCUT2D eigenvalue weighted by Crippen LogP contribution is 2.30. The molecule has 19 heavy (non-hydrogen) atoms. The molecule has 6 heteroatoms. The number of carbonyl (C=O) groups excluding carboxylic acids is 2. The normalized spacial score (nSPS) is 19.2. The first kappa shape index (κ1) is 15.8. The summed E-state index contributed by atoms with van der Waals surface area (Å²) in [4.78, 5) is 24.7. The molecule has 1 unspecified atom stereocenters. The van der Waals surface area contributed by atoms with Gasteiger partial charge in [-0.15, -0.1) is 0 Å². The van der Waals surface area contributed by atoms with Crippen molar-refractivity contribution in [1.29, 1.82) is 0 Å². The number of nitrogens with one attached hydrogen (secondary N) is 1. The second-order valence-corrected chi connectivity index (χ2v) is 5.86. The summed E-state index contributed by atoms with van der Waals surface area (Å²) in [6.45, 7) is 3.99. The maximum Gasteiger partial charge on any atom is 0.312 e. The van der Waals surface area contributed by atoms with Gasteiger partial charge in [-0.25, -0.2) is 4.79 Å². The third-order valence-corrected chi connectivity index (χ3v) is 3.67. The second-order valence-electron chi connectivity index (χ2n) is 5.86. The molecule has 4 N–H and O–H groups in total. The minimum atomic E-state index is -0.779. The van der Waals surface area contributed by atoms with Crippen molar-refractivity contribution in [3.05, 3.63) is 0 Å². The lowest BCUT2D eigenvalue weighted by atomic mass is 9.99. The summed E-state index contributed by atoms with van der Waals surface area (Å²) in [5, 5.41) is 12.8. The molecule has 6 nitrogen and oxygen atoms in total. The van der Waals surface area contributed by atoms with Crippen molar-refractivity contribution in [3.63, 3.8) is 0 Å². The first-order valence-corrected chi connectivity index (χ1v) is 6.78. The van der Waals surface area contributed by atoms with Crippen molar-refractivity contribution in [1.82, 2.24) is 10.2 Å². The van der Waals surface area contributed by atoms with E-state index in [1.54, 1.807) is 7.05 Å². The van der Waals surface area contributed by atoms with Crippen molar-refractivity contribution in [2.45, 2.75) is 51.2 Å². The molecular formula is C13H25N3O3. The molecule has 0 heterocycles. The topological polar surface area (TPSA) is 95.7 Å². The molecule has 0 aromatic heterocycles. The summed E-state index contributed by atoms with van der Waals surface area (Å²) in [5.74, 6) is -0.269. The Morgan fingerprint density at radius 1 is 1.37 bits per heavy atom. The summed E-state index contributed by atoms with van der Waals surface area (Å²) in [6, 6.07) is -1.35. The minimum absolute atomic E-state index is 0.0549. The SMILES string of the molecule is CC(C)C(NC(N)=O)C(=O)N(C)CC1(O)CCCC1. The molecule has 3 amide bonds. The van der Waals surface area contributed by atoms with Crippen LogP contribution in [0.1, 0.15) is 39.5 Å². The summed E-state index contributed by atoms with van der Waals surface area (Å²) in [5.41, 5.74) is 4.31. The quantitative estimate of drug-likeness (QED) is 0.677. The molecule has 0 spiro atoms. The third-order valence-electron chi connectivity index (χ3n) is 3.67. The molecule has 1 rings (SSSR count). The zero-order valence-corrected chi connectivity index (χ0v) is 12.0.